The van der Waals surface area contributed by atoms with Crippen molar-refractivity contribution in [2.75, 3.05) is 31.4 Å². The maximum Gasteiger partial charge on any atom is 0.276 e. The van der Waals surface area contributed by atoms with Crippen molar-refractivity contribution >= 4 is 58.0 Å². The molecular weight excluding hydrogens is 708 g/mol. The molecule has 18 nitrogen and oxygen atoms in total. The number of carbonyl (C=O) groups excluding carboxylic acids is 4. The first kappa shape index (κ1) is 38.2. The number of primary amides is 1. The van der Waals surface area contributed by atoms with Gasteiger partial charge in [0.15, 0.2) is 0 Å². The van der Waals surface area contributed by atoms with Crippen LogP contribution in [-0.2, 0) is 19.6 Å². The number of anilines is 2. The number of ether oxygens (including phenoxy) is 2. The number of benzene rings is 2. The summed E-state index contributed by atoms with van der Waals surface area (Å²) in [7, 11) is 3.01. The summed E-state index contributed by atoms with van der Waals surface area (Å²) < 4.78 is 18.9. The molecule has 7 rings (SSSR count). The van der Waals surface area contributed by atoms with Crippen LogP contribution < -0.4 is 31.6 Å². The molecule has 0 fully saturated rings. The average Bonchev–Trinajstić information content (AvgIpc) is 3.95. The number of nitrogens with one attached hydrogen (secondary N) is 2. The summed E-state index contributed by atoms with van der Waals surface area (Å²) in [4.78, 5) is 60.5. The van der Waals surface area contributed by atoms with Gasteiger partial charge in [-0.15, -0.1) is 0 Å². The molecule has 0 aliphatic carbocycles. The van der Waals surface area contributed by atoms with E-state index in [0.29, 0.717) is 101 Å². The lowest BCUT2D eigenvalue weighted by Crippen LogP contribution is -2.26. The van der Waals surface area contributed by atoms with Gasteiger partial charge in [-0.3, -0.25) is 39.2 Å². The fraction of sp³-hybridized carbons (Fsp3) is 0.351. The van der Waals surface area contributed by atoms with Crippen LogP contribution in [-0.4, -0.2) is 83.4 Å². The number of nitrogens with two attached hydrogens (primary N) is 2. The zero-order valence-corrected chi connectivity index (χ0v) is 31.5. The van der Waals surface area contributed by atoms with E-state index in [2.05, 4.69) is 26.6 Å². The van der Waals surface area contributed by atoms with E-state index in [1.807, 2.05) is 36.8 Å². The quantitative estimate of drug-likeness (QED) is 0.124. The van der Waals surface area contributed by atoms with Gasteiger partial charge in [-0.2, -0.15) is 10.2 Å². The topological polar surface area (TPSA) is 234 Å². The maximum absolute atomic E-state index is 13.6. The number of fused-ring (bicyclic) bond motifs is 1. The number of rotatable bonds is 13. The Kier molecular flexibility index (Phi) is 11.0. The minimum absolute atomic E-state index is 0.218. The van der Waals surface area contributed by atoms with Gasteiger partial charge >= 0.3 is 0 Å². The van der Waals surface area contributed by atoms with E-state index < -0.39 is 5.91 Å². The van der Waals surface area contributed by atoms with Crippen molar-refractivity contribution in [2.45, 2.75) is 66.2 Å². The first-order valence-electron chi connectivity index (χ1n) is 17.8. The number of nitrogens with zero attached hydrogens (tertiary/aromatic N) is 8. The van der Waals surface area contributed by atoms with Crippen LogP contribution in [0, 0.1) is 13.8 Å². The monoisotopic (exact) mass is 752 g/mol. The lowest BCUT2D eigenvalue weighted by molar-refractivity contribution is 0.0994. The summed E-state index contributed by atoms with van der Waals surface area (Å²) in [6, 6.07) is 9.57. The molecule has 6 aromatic rings. The van der Waals surface area contributed by atoms with Gasteiger partial charge in [0.25, 0.3) is 11.8 Å². The van der Waals surface area contributed by atoms with Gasteiger partial charge in [-0.25, -0.2) is 9.97 Å². The minimum Gasteiger partial charge on any atom is -0.494 e. The maximum atomic E-state index is 13.6. The molecule has 4 aromatic heterocycles. The smallest absolute Gasteiger partial charge is 0.276 e. The Bertz CT molecular complexity index is 2440. The summed E-state index contributed by atoms with van der Waals surface area (Å²) in [6.45, 7) is 9.06. The van der Waals surface area contributed by atoms with E-state index in [9.17, 15) is 19.2 Å². The highest BCUT2D eigenvalue weighted by atomic mass is 16.5. The Labute approximate surface area is 315 Å². The molecule has 1 unspecified atom stereocenters. The highest BCUT2D eigenvalue weighted by Gasteiger charge is 2.30. The number of aldehydes is 1. The van der Waals surface area contributed by atoms with Gasteiger partial charge < -0.3 is 30.1 Å². The fourth-order valence-corrected chi connectivity index (χ4v) is 6.91. The van der Waals surface area contributed by atoms with E-state index in [0.717, 1.165) is 0 Å². The van der Waals surface area contributed by atoms with E-state index in [1.165, 1.54) is 14.2 Å². The Morgan fingerprint density at radius 1 is 0.891 bits per heavy atom. The number of carbonyl (C=O) groups is 4. The van der Waals surface area contributed by atoms with Crippen molar-refractivity contribution in [1.82, 2.24) is 38.7 Å². The Balaban J connectivity index is 0.00000253. The molecule has 18 heteroatoms. The van der Waals surface area contributed by atoms with Crippen LogP contribution in [0.1, 0.15) is 85.8 Å². The minimum atomic E-state index is -0.628. The summed E-state index contributed by atoms with van der Waals surface area (Å²) in [5.41, 5.74) is 15.1. The number of hydrogen-bond acceptors (Lipinski definition) is 11. The molecule has 0 spiro atoms. The Morgan fingerprint density at radius 2 is 1.49 bits per heavy atom. The highest BCUT2D eigenvalue weighted by Crippen LogP contribution is 2.39. The summed E-state index contributed by atoms with van der Waals surface area (Å²) >= 11 is 0. The second kappa shape index (κ2) is 15.8. The largest absolute Gasteiger partial charge is 0.494 e. The van der Waals surface area contributed by atoms with Crippen LogP contribution in [0.15, 0.2) is 36.4 Å². The van der Waals surface area contributed by atoms with Gasteiger partial charge in [-0.1, -0.05) is 0 Å². The summed E-state index contributed by atoms with van der Waals surface area (Å²) in [5, 5.41) is 14.7. The fourth-order valence-electron chi connectivity index (χ4n) is 6.91. The van der Waals surface area contributed by atoms with E-state index in [4.69, 9.17) is 25.2 Å². The van der Waals surface area contributed by atoms with Crippen LogP contribution in [0.4, 0.5) is 11.9 Å². The third kappa shape index (κ3) is 7.22. The number of aromatic nitrogens is 8. The molecule has 0 saturated heterocycles. The standard InChI is InChI=1S/C36H39N11O6.CH5N/c1-6-45-26(11-19(3)42-45)33(50)40-35-38-24-13-21(17-48)14-28(52-5)30(24)44(35)10-8-9-23-18-53-29-16-22(32(37)49)15-25-31(29)47(23)36(39-25)41-34(51)27-12-20(4)43-46(27)7-2;1-2/h11-17,23H,6-10,18H2,1-5H3,(H2,37,49)(H,38,40,50)(H,39,41,51);2H2,1H3. The van der Waals surface area contributed by atoms with E-state index in [1.54, 1.807) is 45.8 Å². The molecule has 6 N–H and O–H groups in total. The third-order valence-electron chi connectivity index (χ3n) is 9.25. The molecule has 55 heavy (non-hydrogen) atoms. The first-order valence-corrected chi connectivity index (χ1v) is 17.8. The molecule has 0 radical (unpaired) electrons. The van der Waals surface area contributed by atoms with Gasteiger partial charge in [0.1, 0.15) is 46.8 Å². The molecule has 1 aliphatic rings. The van der Waals surface area contributed by atoms with Crippen LogP contribution in [0.3, 0.4) is 0 Å². The summed E-state index contributed by atoms with van der Waals surface area (Å²) in [6.07, 6.45) is 1.81. The van der Waals surface area contributed by atoms with Crippen molar-refractivity contribution < 1.29 is 28.7 Å². The Morgan fingerprint density at radius 3 is 2.07 bits per heavy atom. The van der Waals surface area contributed by atoms with Crippen molar-refractivity contribution in [1.29, 1.82) is 0 Å². The highest BCUT2D eigenvalue weighted by molar-refractivity contribution is 6.05. The van der Waals surface area contributed by atoms with Gasteiger partial charge in [-0.05, 0) is 84.0 Å². The number of aryl methyl sites for hydroxylation is 5. The predicted molar refractivity (Wildman–Crippen MR) is 205 cm³/mol. The second-order valence-electron chi connectivity index (χ2n) is 12.8. The predicted octanol–water partition coefficient (Wildman–Crippen LogP) is 3.85. The molecule has 1 aliphatic heterocycles. The number of amides is 3. The van der Waals surface area contributed by atoms with Gasteiger partial charge in [0, 0.05) is 30.8 Å². The van der Waals surface area contributed by atoms with Crippen LogP contribution in [0.5, 0.6) is 11.5 Å². The van der Waals surface area contributed by atoms with Crippen molar-refractivity contribution in [3.05, 3.63) is 70.3 Å². The number of methoxy groups -OCH3 is 1. The molecule has 3 amide bonds. The normalized spacial score (nSPS) is 13.3. The molecule has 0 saturated carbocycles. The molecule has 288 valence electrons. The zero-order valence-electron chi connectivity index (χ0n) is 31.5. The zero-order chi connectivity index (χ0) is 39.6. The number of imidazole rings is 2. The van der Waals surface area contributed by atoms with Gasteiger partial charge in [0.2, 0.25) is 17.8 Å². The average molecular weight is 753 g/mol. The van der Waals surface area contributed by atoms with E-state index >= 15 is 0 Å². The van der Waals surface area contributed by atoms with Crippen LogP contribution >= 0.6 is 0 Å². The van der Waals surface area contributed by atoms with Crippen LogP contribution in [0.2, 0.25) is 0 Å². The van der Waals surface area contributed by atoms with Crippen molar-refractivity contribution in [3.63, 3.8) is 0 Å². The second-order valence-corrected chi connectivity index (χ2v) is 12.8. The lowest BCUT2D eigenvalue weighted by Gasteiger charge is -2.27. The Hall–Kier alpha value is -6.56. The lowest BCUT2D eigenvalue weighted by atomic mass is 10.1. The van der Waals surface area contributed by atoms with Crippen LogP contribution in [0.25, 0.3) is 22.1 Å². The SMILES string of the molecule is CCn1nc(C)cc1C(=O)Nc1nc2cc(C=O)cc(OC)c2n1CCCC1COc2cc(C(N)=O)cc3nc(NC(=O)c4cc(C)nn4CC)n1c23.CN. The number of hydrogen-bond donors (Lipinski definition) is 4. The molecule has 2 aromatic carbocycles. The summed E-state index contributed by atoms with van der Waals surface area (Å²) in [5.74, 6) is 0.0248. The van der Waals surface area contributed by atoms with Crippen molar-refractivity contribution in [2.24, 2.45) is 11.5 Å². The molecular formula is C37H44N12O6. The van der Waals surface area contributed by atoms with Crippen molar-refractivity contribution in [3.8, 4) is 11.5 Å². The van der Waals surface area contributed by atoms with E-state index in [-0.39, 0.29) is 41.9 Å². The molecule has 5 heterocycles. The molecule has 1 atom stereocenters. The first-order chi connectivity index (χ1) is 26.5. The molecule has 0 bridgehead atoms. The third-order valence-corrected chi connectivity index (χ3v) is 9.25. The van der Waals surface area contributed by atoms with Gasteiger partial charge in [0.05, 0.1) is 35.6 Å².